The number of Topliss-reactive ketones (excluding diaryl/α,β-unsaturated/α-hetero) is 1. The summed E-state index contributed by atoms with van der Waals surface area (Å²) in [4.78, 5) is 45.1. The van der Waals surface area contributed by atoms with Crippen molar-refractivity contribution in [2.45, 2.75) is 12.6 Å². The average Bonchev–Trinajstić information content (AvgIpc) is 3.41. The molecule has 0 spiro atoms. The van der Waals surface area contributed by atoms with E-state index in [9.17, 15) is 14.4 Å². The third kappa shape index (κ3) is 3.68. The maximum atomic E-state index is 12.9. The van der Waals surface area contributed by atoms with Crippen LogP contribution in [0.3, 0.4) is 0 Å². The van der Waals surface area contributed by atoms with Gasteiger partial charge in [0.1, 0.15) is 23.9 Å². The number of aromatic nitrogens is 4. The van der Waals surface area contributed by atoms with Crippen LogP contribution in [0.2, 0.25) is 0 Å². The van der Waals surface area contributed by atoms with Crippen LogP contribution < -0.4 is 11.1 Å². The Labute approximate surface area is 171 Å². The number of hydrogen-bond donors (Lipinski definition) is 2. The predicted octanol–water partition coefficient (Wildman–Crippen LogP) is 1.07. The van der Waals surface area contributed by atoms with Crippen molar-refractivity contribution >= 4 is 28.5 Å². The van der Waals surface area contributed by atoms with Gasteiger partial charge in [-0.25, -0.2) is 9.97 Å². The molecule has 0 aliphatic heterocycles. The number of para-hydroxylation sites is 1. The number of benzene rings is 1. The number of nitrogens with zero attached hydrogens (tertiary/aromatic N) is 4. The van der Waals surface area contributed by atoms with Crippen molar-refractivity contribution in [1.29, 1.82) is 0 Å². The van der Waals surface area contributed by atoms with Gasteiger partial charge in [0.15, 0.2) is 0 Å². The number of nitrogens with two attached hydrogens (primary N) is 1. The number of hydrogen-bond acceptors (Lipinski definition) is 5. The Kier molecular flexibility index (Phi) is 5.08. The highest BCUT2D eigenvalue weighted by Crippen LogP contribution is 2.16. The summed E-state index contributed by atoms with van der Waals surface area (Å²) in [6, 6.07) is 13.6. The van der Waals surface area contributed by atoms with E-state index in [1.54, 1.807) is 35.2 Å². The molecule has 1 unspecified atom stereocenters. The van der Waals surface area contributed by atoms with E-state index in [-0.39, 0.29) is 12.2 Å². The Balaban J connectivity index is 1.62. The van der Waals surface area contributed by atoms with Crippen LogP contribution in [0.5, 0.6) is 0 Å². The number of amides is 2. The summed E-state index contributed by atoms with van der Waals surface area (Å²) in [5.74, 6) is -2.08. The molecular weight excluding hydrogens is 384 g/mol. The molecule has 4 aromatic rings. The quantitative estimate of drug-likeness (QED) is 0.448. The summed E-state index contributed by atoms with van der Waals surface area (Å²) in [6.07, 6.45) is 6.19. The molecular formula is C21H18N6O3. The number of carbonyl (C=O) groups excluding carboxylic acids is 3. The predicted molar refractivity (Wildman–Crippen MR) is 109 cm³/mol. The van der Waals surface area contributed by atoms with Crippen molar-refractivity contribution in [1.82, 2.24) is 24.4 Å². The highest BCUT2D eigenvalue weighted by atomic mass is 16.2. The van der Waals surface area contributed by atoms with Crippen LogP contribution in [0.15, 0.2) is 73.4 Å². The minimum atomic E-state index is -1.14. The fraction of sp³-hybridized carbons (Fsp3) is 0.0952. The SMILES string of the molecule is NC(=O)C(=O)C(Cn1ccc2ccccc21)NC(=O)c1cncn1-c1ccccn1. The molecule has 1 atom stereocenters. The fourth-order valence-electron chi connectivity index (χ4n) is 3.24. The first kappa shape index (κ1) is 19.1. The highest BCUT2D eigenvalue weighted by molar-refractivity contribution is 6.38. The largest absolute Gasteiger partial charge is 0.363 e. The Morgan fingerprint density at radius 3 is 2.63 bits per heavy atom. The van der Waals surface area contributed by atoms with Gasteiger partial charge in [0.25, 0.3) is 11.8 Å². The van der Waals surface area contributed by atoms with Crippen molar-refractivity contribution < 1.29 is 14.4 Å². The van der Waals surface area contributed by atoms with Crippen molar-refractivity contribution in [3.05, 3.63) is 79.1 Å². The van der Waals surface area contributed by atoms with Gasteiger partial charge in [-0.3, -0.25) is 19.0 Å². The zero-order valence-electron chi connectivity index (χ0n) is 15.8. The zero-order valence-corrected chi connectivity index (χ0v) is 15.8. The van der Waals surface area contributed by atoms with Gasteiger partial charge >= 0.3 is 0 Å². The van der Waals surface area contributed by atoms with E-state index in [4.69, 9.17) is 5.73 Å². The van der Waals surface area contributed by atoms with Crippen LogP contribution in [0.1, 0.15) is 10.5 Å². The molecule has 0 fully saturated rings. The number of primary amides is 1. The molecule has 0 radical (unpaired) electrons. The van der Waals surface area contributed by atoms with Gasteiger partial charge in [0.2, 0.25) is 5.78 Å². The molecule has 9 heteroatoms. The highest BCUT2D eigenvalue weighted by Gasteiger charge is 2.27. The molecule has 4 rings (SSSR count). The zero-order chi connectivity index (χ0) is 21.1. The maximum absolute atomic E-state index is 12.9. The molecule has 3 aromatic heterocycles. The third-order valence-corrected chi connectivity index (χ3v) is 4.69. The second kappa shape index (κ2) is 8.00. The molecule has 0 aliphatic carbocycles. The number of ketones is 1. The maximum Gasteiger partial charge on any atom is 0.287 e. The molecule has 3 heterocycles. The van der Waals surface area contributed by atoms with Crippen LogP contribution in [0.25, 0.3) is 16.7 Å². The van der Waals surface area contributed by atoms with Crippen LogP contribution >= 0.6 is 0 Å². The first-order valence-electron chi connectivity index (χ1n) is 9.17. The lowest BCUT2D eigenvalue weighted by atomic mass is 10.1. The number of pyridine rings is 1. The second-order valence-corrected chi connectivity index (χ2v) is 6.62. The van der Waals surface area contributed by atoms with Crippen LogP contribution in [-0.2, 0) is 16.1 Å². The van der Waals surface area contributed by atoms with E-state index in [1.165, 1.54) is 17.1 Å². The number of imidazole rings is 1. The van der Waals surface area contributed by atoms with E-state index in [2.05, 4.69) is 15.3 Å². The molecule has 1 aromatic carbocycles. The summed E-state index contributed by atoms with van der Waals surface area (Å²) in [5.41, 5.74) is 6.26. The first-order chi connectivity index (χ1) is 14.5. The van der Waals surface area contributed by atoms with Crippen molar-refractivity contribution in [3.8, 4) is 5.82 Å². The van der Waals surface area contributed by atoms with Crippen LogP contribution in [0, 0.1) is 0 Å². The molecule has 3 N–H and O–H groups in total. The van der Waals surface area contributed by atoms with Gasteiger partial charge < -0.3 is 15.6 Å². The third-order valence-electron chi connectivity index (χ3n) is 4.69. The Hall–Kier alpha value is -4.27. The Morgan fingerprint density at radius 1 is 1.07 bits per heavy atom. The lowest BCUT2D eigenvalue weighted by Crippen LogP contribution is -2.48. The normalized spacial score (nSPS) is 11.9. The minimum absolute atomic E-state index is 0.0543. The lowest BCUT2D eigenvalue weighted by Gasteiger charge is -2.18. The van der Waals surface area contributed by atoms with Gasteiger partial charge in [-0.1, -0.05) is 24.3 Å². The van der Waals surface area contributed by atoms with E-state index >= 15 is 0 Å². The number of carbonyl (C=O) groups is 3. The molecule has 9 nitrogen and oxygen atoms in total. The monoisotopic (exact) mass is 402 g/mol. The topological polar surface area (TPSA) is 125 Å². The molecule has 0 aliphatic rings. The molecule has 30 heavy (non-hydrogen) atoms. The van der Waals surface area contributed by atoms with Gasteiger partial charge in [-0.2, -0.15) is 0 Å². The average molecular weight is 402 g/mol. The summed E-state index contributed by atoms with van der Waals surface area (Å²) in [5, 5.41) is 3.59. The van der Waals surface area contributed by atoms with Gasteiger partial charge in [0, 0.05) is 17.9 Å². The summed E-state index contributed by atoms with van der Waals surface area (Å²) < 4.78 is 3.28. The van der Waals surface area contributed by atoms with Crippen molar-refractivity contribution in [2.75, 3.05) is 0 Å². The number of rotatable bonds is 7. The number of nitrogens with one attached hydrogen (secondary N) is 1. The van der Waals surface area contributed by atoms with E-state index in [1.807, 2.05) is 30.3 Å². The molecule has 2 amide bonds. The Morgan fingerprint density at radius 2 is 1.87 bits per heavy atom. The van der Waals surface area contributed by atoms with Crippen molar-refractivity contribution in [3.63, 3.8) is 0 Å². The summed E-state index contributed by atoms with van der Waals surface area (Å²) >= 11 is 0. The van der Waals surface area contributed by atoms with E-state index in [0.717, 1.165) is 10.9 Å². The first-order valence-corrected chi connectivity index (χ1v) is 9.17. The number of fused-ring (bicyclic) bond motifs is 1. The molecule has 0 saturated carbocycles. The second-order valence-electron chi connectivity index (χ2n) is 6.62. The summed E-state index contributed by atoms with van der Waals surface area (Å²) in [7, 11) is 0. The van der Waals surface area contributed by atoms with Crippen LogP contribution in [-0.4, -0.2) is 42.7 Å². The molecule has 0 saturated heterocycles. The molecule has 0 bridgehead atoms. The van der Waals surface area contributed by atoms with Crippen molar-refractivity contribution in [2.24, 2.45) is 5.73 Å². The minimum Gasteiger partial charge on any atom is -0.363 e. The molecule has 150 valence electrons. The summed E-state index contributed by atoms with van der Waals surface area (Å²) in [6.45, 7) is 0.0543. The van der Waals surface area contributed by atoms with Crippen LogP contribution in [0.4, 0.5) is 0 Å². The van der Waals surface area contributed by atoms with Gasteiger partial charge in [-0.15, -0.1) is 0 Å². The van der Waals surface area contributed by atoms with E-state index in [0.29, 0.717) is 5.82 Å². The van der Waals surface area contributed by atoms with Gasteiger partial charge in [-0.05, 0) is 29.7 Å². The lowest BCUT2D eigenvalue weighted by molar-refractivity contribution is -0.137. The Bertz CT molecular complexity index is 1230. The van der Waals surface area contributed by atoms with E-state index < -0.39 is 23.6 Å². The van der Waals surface area contributed by atoms with Gasteiger partial charge in [0.05, 0.1) is 12.7 Å². The fourth-order valence-corrected chi connectivity index (χ4v) is 3.24. The smallest absolute Gasteiger partial charge is 0.287 e. The standard InChI is InChI=1S/C21H18N6O3/c22-20(29)19(28)15(12-26-10-8-14-5-1-2-6-16(14)26)25-21(30)17-11-23-13-27(17)18-7-3-4-9-24-18/h1-11,13,15H,12H2,(H2,22,29)(H,25,30).